The summed E-state index contributed by atoms with van der Waals surface area (Å²) in [7, 11) is -4.00. The summed E-state index contributed by atoms with van der Waals surface area (Å²) in [6.07, 6.45) is 0. The lowest BCUT2D eigenvalue weighted by Gasteiger charge is -2.15. The van der Waals surface area contributed by atoms with Crippen LogP contribution < -0.4 is 10.6 Å². The number of rotatable bonds is 8. The predicted molar refractivity (Wildman–Crippen MR) is 113 cm³/mol. The molecular weight excluding hydrogens is 414 g/mol. The van der Waals surface area contributed by atoms with Gasteiger partial charge in [0.2, 0.25) is 15.9 Å². The summed E-state index contributed by atoms with van der Waals surface area (Å²) in [4.78, 5) is 12.6. The minimum Gasteiger partial charge on any atom is -0.376 e. The fraction of sp³-hybridized carbons (Fsp3) is 0.316. The van der Waals surface area contributed by atoms with E-state index in [0.717, 1.165) is 9.87 Å². The van der Waals surface area contributed by atoms with E-state index in [9.17, 15) is 21.6 Å². The Labute approximate surface area is 171 Å². The average molecular weight is 440 g/mol. The first kappa shape index (κ1) is 22.9. The van der Waals surface area contributed by atoms with Crippen molar-refractivity contribution in [3.63, 3.8) is 0 Å². The zero-order valence-electron chi connectivity index (χ0n) is 16.8. The van der Waals surface area contributed by atoms with Gasteiger partial charge in [-0.2, -0.15) is 0 Å². The van der Waals surface area contributed by atoms with Crippen LogP contribution in [0.3, 0.4) is 0 Å². The van der Waals surface area contributed by atoms with Gasteiger partial charge >= 0.3 is 0 Å². The highest BCUT2D eigenvalue weighted by Gasteiger charge is 2.18. The third-order valence-electron chi connectivity index (χ3n) is 4.31. The largest absolute Gasteiger partial charge is 0.376 e. The van der Waals surface area contributed by atoms with E-state index in [2.05, 4.69) is 10.6 Å². The summed E-state index contributed by atoms with van der Waals surface area (Å²) in [5.74, 6) is -0.345. The van der Waals surface area contributed by atoms with Crippen LogP contribution in [-0.2, 0) is 24.7 Å². The van der Waals surface area contributed by atoms with Crippen LogP contribution in [0, 0.1) is 6.92 Å². The Bertz CT molecular complexity index is 1090. The monoisotopic (exact) mass is 439 g/mol. The van der Waals surface area contributed by atoms with Crippen molar-refractivity contribution >= 4 is 37.1 Å². The zero-order chi connectivity index (χ0) is 21.8. The normalized spacial score (nSPS) is 12.0. The summed E-state index contributed by atoms with van der Waals surface area (Å²) in [5, 5.41) is 5.61. The first-order valence-corrected chi connectivity index (χ1v) is 12.0. The number of nitrogens with one attached hydrogen (secondary N) is 2. The van der Waals surface area contributed by atoms with Crippen LogP contribution in [0.1, 0.15) is 12.5 Å². The maximum Gasteiger partial charge on any atom is 0.243 e. The fourth-order valence-corrected chi connectivity index (χ4v) is 4.24. The van der Waals surface area contributed by atoms with Crippen LogP contribution in [-0.4, -0.2) is 53.4 Å². The zero-order valence-corrected chi connectivity index (χ0v) is 18.4. The van der Waals surface area contributed by atoms with Gasteiger partial charge in [-0.15, -0.1) is 0 Å². The van der Waals surface area contributed by atoms with Gasteiger partial charge in [-0.1, -0.05) is 13.0 Å². The molecule has 0 atom stereocenters. The van der Waals surface area contributed by atoms with Crippen LogP contribution >= 0.6 is 0 Å². The molecule has 1 amide bonds. The molecule has 0 aliphatic rings. The highest BCUT2D eigenvalue weighted by atomic mass is 32.2. The van der Waals surface area contributed by atoms with Crippen LogP contribution in [0.15, 0.2) is 52.3 Å². The molecule has 0 fully saturated rings. The predicted octanol–water partition coefficient (Wildman–Crippen LogP) is 2.09. The molecule has 0 aliphatic heterocycles. The lowest BCUT2D eigenvalue weighted by molar-refractivity contribution is -0.114. The number of anilines is 2. The van der Waals surface area contributed by atoms with Gasteiger partial charge in [0.1, 0.15) is 0 Å². The maximum absolute atomic E-state index is 12.3. The Morgan fingerprint density at radius 3 is 2.10 bits per heavy atom. The summed E-state index contributed by atoms with van der Waals surface area (Å²) in [5.41, 5.74) is 1.73. The molecule has 158 valence electrons. The van der Waals surface area contributed by atoms with Gasteiger partial charge in [0, 0.05) is 25.5 Å². The Hall–Kier alpha value is -2.43. The SMILES string of the molecule is CCS(=O)(=O)c1ccc(NCC(=O)Nc2cc(S(=O)(=O)N(C)C)ccc2C)cc1. The lowest BCUT2D eigenvalue weighted by Crippen LogP contribution is -2.24. The molecule has 2 aromatic carbocycles. The summed E-state index contributed by atoms with van der Waals surface area (Å²) >= 11 is 0. The van der Waals surface area contributed by atoms with Gasteiger partial charge in [0.15, 0.2) is 9.84 Å². The number of carbonyl (C=O) groups excluding carboxylic acids is 1. The van der Waals surface area contributed by atoms with Crippen LogP contribution in [0.5, 0.6) is 0 Å². The molecule has 10 heteroatoms. The maximum atomic E-state index is 12.3. The molecule has 0 heterocycles. The minimum absolute atomic E-state index is 0.0180. The van der Waals surface area contributed by atoms with E-state index in [4.69, 9.17) is 0 Å². The number of sulfonamides is 1. The third kappa shape index (κ3) is 5.55. The van der Waals surface area contributed by atoms with Crippen molar-refractivity contribution in [1.29, 1.82) is 0 Å². The number of nitrogens with zero attached hydrogens (tertiary/aromatic N) is 1. The molecular formula is C19H25N3O5S2. The molecule has 2 N–H and O–H groups in total. The van der Waals surface area contributed by atoms with E-state index >= 15 is 0 Å². The Morgan fingerprint density at radius 1 is 0.966 bits per heavy atom. The number of hydrogen-bond donors (Lipinski definition) is 2. The molecule has 0 saturated heterocycles. The van der Waals surface area contributed by atoms with E-state index in [1.54, 1.807) is 32.0 Å². The van der Waals surface area contributed by atoms with Gasteiger partial charge in [0.05, 0.1) is 22.1 Å². The fourth-order valence-electron chi connectivity index (χ4n) is 2.43. The van der Waals surface area contributed by atoms with Gasteiger partial charge in [0.25, 0.3) is 0 Å². The standard InChI is InChI=1S/C19H25N3O5S2/c1-5-28(24,25)16-10-7-15(8-11-16)20-13-19(23)21-18-12-17(9-6-14(18)2)29(26,27)22(3)4/h6-12,20H,5,13H2,1-4H3,(H,21,23). The summed E-state index contributed by atoms with van der Waals surface area (Å²) < 4.78 is 49.3. The molecule has 0 bridgehead atoms. The van der Waals surface area contributed by atoms with Crippen molar-refractivity contribution < 1.29 is 21.6 Å². The molecule has 29 heavy (non-hydrogen) atoms. The Balaban J connectivity index is 2.06. The molecule has 2 aromatic rings. The molecule has 0 radical (unpaired) electrons. The van der Waals surface area contributed by atoms with Gasteiger partial charge in [-0.05, 0) is 48.9 Å². The number of benzene rings is 2. The first-order chi connectivity index (χ1) is 13.5. The second-order valence-corrected chi connectivity index (χ2v) is 11.0. The highest BCUT2D eigenvalue weighted by Crippen LogP contribution is 2.22. The van der Waals surface area contributed by atoms with E-state index in [0.29, 0.717) is 11.4 Å². The summed E-state index contributed by atoms with van der Waals surface area (Å²) in [6, 6.07) is 10.7. The number of carbonyl (C=O) groups is 1. The van der Waals surface area contributed by atoms with E-state index in [-0.39, 0.29) is 28.0 Å². The molecule has 0 spiro atoms. The van der Waals surface area contributed by atoms with Crippen molar-refractivity contribution in [3.05, 3.63) is 48.0 Å². The third-order valence-corrected chi connectivity index (χ3v) is 7.87. The van der Waals surface area contributed by atoms with Gasteiger partial charge in [-0.3, -0.25) is 4.79 Å². The molecule has 0 aromatic heterocycles. The molecule has 0 saturated carbocycles. The van der Waals surface area contributed by atoms with Crippen molar-refractivity contribution in [2.75, 3.05) is 37.0 Å². The topological polar surface area (TPSA) is 113 Å². The second kappa shape index (κ2) is 8.93. The van der Waals surface area contributed by atoms with Crippen molar-refractivity contribution in [2.24, 2.45) is 0 Å². The summed E-state index contributed by atoms with van der Waals surface area (Å²) in [6.45, 7) is 3.28. The van der Waals surface area contributed by atoms with Crippen molar-refractivity contribution in [1.82, 2.24) is 4.31 Å². The molecule has 0 unspecified atom stereocenters. The molecule has 8 nitrogen and oxygen atoms in total. The molecule has 2 rings (SSSR count). The number of sulfone groups is 1. The van der Waals surface area contributed by atoms with Crippen LogP contribution in [0.4, 0.5) is 11.4 Å². The number of aryl methyl sites for hydroxylation is 1. The second-order valence-electron chi connectivity index (χ2n) is 6.59. The Morgan fingerprint density at radius 2 is 1.55 bits per heavy atom. The molecule has 0 aliphatic carbocycles. The quantitative estimate of drug-likeness (QED) is 0.651. The van der Waals surface area contributed by atoms with Crippen LogP contribution in [0.2, 0.25) is 0 Å². The van der Waals surface area contributed by atoms with E-state index in [1.165, 1.54) is 38.4 Å². The van der Waals surface area contributed by atoms with E-state index in [1.807, 2.05) is 0 Å². The smallest absolute Gasteiger partial charge is 0.243 e. The van der Waals surface area contributed by atoms with Crippen molar-refractivity contribution in [2.45, 2.75) is 23.6 Å². The lowest BCUT2D eigenvalue weighted by atomic mass is 10.2. The average Bonchev–Trinajstić information content (AvgIpc) is 2.68. The number of amides is 1. The van der Waals surface area contributed by atoms with E-state index < -0.39 is 19.9 Å². The van der Waals surface area contributed by atoms with Crippen LogP contribution in [0.25, 0.3) is 0 Å². The highest BCUT2D eigenvalue weighted by molar-refractivity contribution is 7.91. The van der Waals surface area contributed by atoms with Gasteiger partial charge in [-0.25, -0.2) is 21.1 Å². The Kier molecular flexibility index (Phi) is 7.04. The van der Waals surface area contributed by atoms with Crippen molar-refractivity contribution in [3.8, 4) is 0 Å². The van der Waals surface area contributed by atoms with Gasteiger partial charge < -0.3 is 10.6 Å². The minimum atomic E-state index is -3.61. The number of hydrogen-bond acceptors (Lipinski definition) is 6. The first-order valence-electron chi connectivity index (χ1n) is 8.87.